The van der Waals surface area contributed by atoms with Crippen LogP contribution in [-0.4, -0.2) is 11.9 Å². The molecule has 0 aromatic rings. The highest BCUT2D eigenvalue weighted by molar-refractivity contribution is 6.07. The van der Waals surface area contributed by atoms with Crippen LogP contribution in [0, 0.1) is 0 Å². The molecule has 0 aromatic carbocycles. The van der Waals surface area contributed by atoms with E-state index < -0.39 is 5.97 Å². The molecule has 0 radical (unpaired) electrons. The Labute approximate surface area is 33.2 Å². The van der Waals surface area contributed by atoms with E-state index >= 15 is 0 Å². The Bertz CT molecular complexity index is 140. The summed E-state index contributed by atoms with van der Waals surface area (Å²) >= 11 is 0. The van der Waals surface area contributed by atoms with E-state index in [2.05, 4.69) is 4.74 Å². The number of carbonyl (C=O) groups is 1. The van der Waals surface area contributed by atoms with Crippen molar-refractivity contribution in [1.82, 2.24) is 0 Å². The van der Waals surface area contributed by atoms with Crippen LogP contribution in [-0.2, 0) is 14.3 Å². The van der Waals surface area contributed by atoms with Crippen LogP contribution >= 0.6 is 0 Å². The number of epoxide rings is 1. The number of rotatable bonds is 0. The standard InChI is InChI=1S/C3O3/c4-1-2-3(5)6-2. The summed E-state index contributed by atoms with van der Waals surface area (Å²) in [5.74, 6) is 0.547. The van der Waals surface area contributed by atoms with Crippen LogP contribution in [0.2, 0.25) is 0 Å². The van der Waals surface area contributed by atoms with Crippen molar-refractivity contribution in [2.24, 2.45) is 0 Å². The van der Waals surface area contributed by atoms with Gasteiger partial charge in [-0.15, -0.1) is 0 Å². The van der Waals surface area contributed by atoms with Crippen molar-refractivity contribution < 1.29 is 14.3 Å². The molecule has 1 heterocycles. The Kier molecular flexibility index (Phi) is 0.363. The van der Waals surface area contributed by atoms with Crippen LogP contribution in [0.15, 0.2) is 5.76 Å². The van der Waals surface area contributed by atoms with E-state index in [0.717, 1.165) is 0 Å². The second kappa shape index (κ2) is 0.698. The molecule has 3 nitrogen and oxygen atoms in total. The van der Waals surface area contributed by atoms with E-state index in [0.29, 0.717) is 0 Å². The maximum Gasteiger partial charge on any atom is 0.392 e. The summed E-state index contributed by atoms with van der Waals surface area (Å²) < 4.78 is 3.92. The zero-order chi connectivity index (χ0) is 4.57. The number of hydrogen-bond donors (Lipinski definition) is 0. The molecule has 0 spiro atoms. The lowest BCUT2D eigenvalue weighted by molar-refractivity contribution is -0.117. The van der Waals surface area contributed by atoms with E-state index in [9.17, 15) is 9.59 Å². The smallest absolute Gasteiger partial charge is 0.392 e. The van der Waals surface area contributed by atoms with Gasteiger partial charge in [-0.1, -0.05) is 0 Å². The monoisotopic (exact) mass is 84.0 g/mol. The summed E-state index contributed by atoms with van der Waals surface area (Å²) in [5.41, 5.74) is 0. The second-order valence-corrected chi connectivity index (χ2v) is 0.821. The summed E-state index contributed by atoms with van der Waals surface area (Å²) in [6, 6.07) is 0. The molecule has 0 aliphatic carbocycles. The predicted octanol–water partition coefficient (Wildman–Crippen LogP) is -0.741. The van der Waals surface area contributed by atoms with Crippen molar-refractivity contribution in [3.8, 4) is 0 Å². The third kappa shape index (κ3) is 0.225. The lowest BCUT2D eigenvalue weighted by Crippen LogP contribution is -1.54. The second-order valence-electron chi connectivity index (χ2n) is 0.821. The van der Waals surface area contributed by atoms with Crippen LogP contribution in [0.1, 0.15) is 0 Å². The van der Waals surface area contributed by atoms with Gasteiger partial charge >= 0.3 is 5.97 Å². The molecule has 0 bridgehead atoms. The number of carbonyl (C=O) groups excluding carboxylic acids is 2. The fraction of sp³-hybridized carbons (Fsp3) is 0. The van der Waals surface area contributed by atoms with Gasteiger partial charge in [-0.2, -0.15) is 0 Å². The first-order chi connectivity index (χ1) is 2.84. The molecule has 1 fully saturated rings. The van der Waals surface area contributed by atoms with Gasteiger partial charge in [-0.05, 0) is 0 Å². The molecule has 0 atom stereocenters. The Balaban J connectivity index is 2.93. The summed E-state index contributed by atoms with van der Waals surface area (Å²) in [5, 5.41) is 0. The molecule has 0 saturated carbocycles. The van der Waals surface area contributed by atoms with Gasteiger partial charge in [-0.3, -0.25) is 0 Å². The van der Waals surface area contributed by atoms with E-state index in [1.54, 1.807) is 0 Å². The van der Waals surface area contributed by atoms with Crippen LogP contribution in [0.5, 0.6) is 0 Å². The van der Waals surface area contributed by atoms with Crippen LogP contribution in [0.25, 0.3) is 0 Å². The van der Waals surface area contributed by atoms with Crippen molar-refractivity contribution >= 4 is 11.9 Å². The molecular weight excluding hydrogens is 84.0 g/mol. The molecule has 1 aliphatic heterocycles. The lowest BCUT2D eigenvalue weighted by Gasteiger charge is -1.32. The third-order valence-corrected chi connectivity index (χ3v) is 0.431. The largest absolute Gasteiger partial charge is 0.400 e. The van der Waals surface area contributed by atoms with Gasteiger partial charge in [0.2, 0.25) is 0 Å². The maximum atomic E-state index is 9.60. The molecule has 6 heavy (non-hydrogen) atoms. The van der Waals surface area contributed by atoms with E-state index in [-0.39, 0.29) is 5.76 Å². The summed E-state index contributed by atoms with van der Waals surface area (Å²) in [7, 11) is 0. The normalized spacial score (nSPS) is 16.0. The van der Waals surface area contributed by atoms with Gasteiger partial charge < -0.3 is 4.74 Å². The Morgan fingerprint density at radius 2 is 2.17 bits per heavy atom. The third-order valence-electron chi connectivity index (χ3n) is 0.431. The number of cyclic esters (lactones) is 1. The predicted molar refractivity (Wildman–Crippen MR) is 15.3 cm³/mol. The Morgan fingerprint density at radius 3 is 2.17 bits per heavy atom. The van der Waals surface area contributed by atoms with Gasteiger partial charge in [0.05, 0.1) is 0 Å². The first-order valence-electron chi connectivity index (χ1n) is 1.32. The topological polar surface area (TPSA) is 46.7 Å². The fourth-order valence-corrected chi connectivity index (χ4v) is 0.130. The highest BCUT2D eigenvalue weighted by Gasteiger charge is 2.31. The van der Waals surface area contributed by atoms with Gasteiger partial charge in [0.25, 0.3) is 5.76 Å². The molecule has 1 rings (SSSR count). The quantitative estimate of drug-likeness (QED) is 0.220. The van der Waals surface area contributed by atoms with Gasteiger partial charge in [-0.25, -0.2) is 9.59 Å². The van der Waals surface area contributed by atoms with E-state index in [1.165, 1.54) is 5.94 Å². The average Bonchev–Trinajstić information content (AvgIpc) is 2.19. The van der Waals surface area contributed by atoms with Gasteiger partial charge in [0.15, 0.2) is 5.94 Å². The molecule has 0 amide bonds. The number of ether oxygens (including phenoxy) is 1. The summed E-state index contributed by atoms with van der Waals surface area (Å²) in [6.45, 7) is 0. The Morgan fingerprint density at radius 1 is 1.67 bits per heavy atom. The first kappa shape index (κ1) is 3.12. The minimum Gasteiger partial charge on any atom is -0.400 e. The molecule has 1 saturated heterocycles. The molecular formula is C3O3. The zero-order valence-corrected chi connectivity index (χ0v) is 2.72. The van der Waals surface area contributed by atoms with Crippen molar-refractivity contribution in [3.63, 3.8) is 0 Å². The molecule has 0 N–H and O–H groups in total. The molecule has 3 heteroatoms. The highest BCUT2D eigenvalue weighted by atomic mass is 16.6. The summed E-state index contributed by atoms with van der Waals surface area (Å²) in [4.78, 5) is 18.9. The number of hydrogen-bond acceptors (Lipinski definition) is 3. The van der Waals surface area contributed by atoms with E-state index in [4.69, 9.17) is 0 Å². The van der Waals surface area contributed by atoms with Crippen molar-refractivity contribution in [2.75, 3.05) is 0 Å². The lowest BCUT2D eigenvalue weighted by atomic mass is 10.7. The minimum atomic E-state index is -0.551. The van der Waals surface area contributed by atoms with Crippen LogP contribution < -0.4 is 0 Å². The molecule has 1 aliphatic rings. The first-order valence-corrected chi connectivity index (χ1v) is 1.32. The summed E-state index contributed by atoms with van der Waals surface area (Å²) in [6.07, 6.45) is 0. The minimum absolute atomic E-state index is 0.185. The van der Waals surface area contributed by atoms with Gasteiger partial charge in [0.1, 0.15) is 0 Å². The molecule has 0 unspecified atom stereocenters. The maximum absolute atomic E-state index is 9.60. The molecule has 30 valence electrons. The van der Waals surface area contributed by atoms with E-state index in [1.807, 2.05) is 0 Å². The van der Waals surface area contributed by atoms with Gasteiger partial charge in [0, 0.05) is 0 Å². The van der Waals surface area contributed by atoms with Crippen LogP contribution in [0.3, 0.4) is 0 Å². The zero-order valence-electron chi connectivity index (χ0n) is 2.72. The average molecular weight is 84.0 g/mol. The molecule has 0 aromatic heterocycles. The van der Waals surface area contributed by atoms with Crippen LogP contribution in [0.4, 0.5) is 0 Å². The van der Waals surface area contributed by atoms with Crippen molar-refractivity contribution in [1.29, 1.82) is 0 Å². The fourth-order valence-electron chi connectivity index (χ4n) is 0.130. The van der Waals surface area contributed by atoms with Crippen molar-refractivity contribution in [3.05, 3.63) is 5.76 Å². The SMILES string of the molecule is O=C=C1OC1=O. The van der Waals surface area contributed by atoms with Crippen molar-refractivity contribution in [2.45, 2.75) is 0 Å². The Hall–Kier alpha value is -1.08. The highest BCUT2D eigenvalue weighted by Crippen LogP contribution is 2.10.